The Labute approximate surface area is 214 Å². The molecule has 1 aliphatic rings. The minimum Gasteiger partial charge on any atom is -0.493 e. The summed E-state index contributed by atoms with van der Waals surface area (Å²) in [5, 5.41) is 15.6. The summed E-state index contributed by atoms with van der Waals surface area (Å²) in [4.78, 5) is 22.7. The van der Waals surface area contributed by atoms with E-state index in [9.17, 15) is 23.3 Å². The summed E-state index contributed by atoms with van der Waals surface area (Å²) in [5.41, 5.74) is 1.91. The van der Waals surface area contributed by atoms with E-state index in [0.717, 1.165) is 6.07 Å². The molecule has 37 heavy (non-hydrogen) atoms. The largest absolute Gasteiger partial charge is 0.514 e. The number of sulfonamides is 1. The van der Waals surface area contributed by atoms with Crippen molar-refractivity contribution in [1.29, 1.82) is 0 Å². The minimum absolute atomic E-state index is 0.000906. The Bertz CT molecular complexity index is 1280. The van der Waals surface area contributed by atoms with Crippen LogP contribution in [0.5, 0.6) is 11.5 Å². The predicted molar refractivity (Wildman–Crippen MR) is 134 cm³/mol. The second-order valence-electron chi connectivity index (χ2n) is 8.80. The van der Waals surface area contributed by atoms with Crippen molar-refractivity contribution in [2.24, 2.45) is 5.10 Å². The van der Waals surface area contributed by atoms with Gasteiger partial charge in [0.2, 0.25) is 10.0 Å². The van der Waals surface area contributed by atoms with Gasteiger partial charge in [-0.05, 0) is 56.7 Å². The second kappa shape index (κ2) is 11.5. The van der Waals surface area contributed by atoms with Crippen LogP contribution >= 0.6 is 0 Å². The van der Waals surface area contributed by atoms with Crippen LogP contribution in [-0.4, -0.2) is 69.0 Å². The summed E-state index contributed by atoms with van der Waals surface area (Å²) < 4.78 is 47.6. The van der Waals surface area contributed by atoms with Crippen molar-refractivity contribution in [3.8, 4) is 11.5 Å². The van der Waals surface area contributed by atoms with Gasteiger partial charge in [0.25, 0.3) is 5.69 Å². The number of hydrogen-bond acceptors (Lipinski definition) is 11. The minimum atomic E-state index is -3.91. The summed E-state index contributed by atoms with van der Waals surface area (Å²) in [7, 11) is -2.51. The van der Waals surface area contributed by atoms with Gasteiger partial charge in [0.05, 0.1) is 36.4 Å². The summed E-state index contributed by atoms with van der Waals surface area (Å²) in [6.45, 7) is 5.98. The maximum atomic E-state index is 12.8. The lowest BCUT2D eigenvalue weighted by Crippen LogP contribution is -2.40. The van der Waals surface area contributed by atoms with E-state index in [2.05, 4.69) is 10.5 Å². The molecule has 13 nitrogen and oxygen atoms in total. The fraction of sp³-hybridized carbons (Fsp3) is 0.391. The van der Waals surface area contributed by atoms with Gasteiger partial charge in [-0.3, -0.25) is 15.5 Å². The molecule has 1 fully saturated rings. The van der Waals surface area contributed by atoms with Crippen molar-refractivity contribution < 1.29 is 37.1 Å². The first kappa shape index (κ1) is 27.8. The van der Waals surface area contributed by atoms with E-state index in [4.69, 9.17) is 18.9 Å². The molecule has 0 aliphatic carbocycles. The fourth-order valence-electron chi connectivity index (χ4n) is 3.24. The highest BCUT2D eigenvalue weighted by Crippen LogP contribution is 2.30. The lowest BCUT2D eigenvalue weighted by molar-refractivity contribution is -0.384. The molecule has 1 heterocycles. The van der Waals surface area contributed by atoms with E-state index < -0.39 is 32.4 Å². The maximum absolute atomic E-state index is 12.8. The lowest BCUT2D eigenvalue weighted by Gasteiger charge is -2.26. The van der Waals surface area contributed by atoms with Crippen molar-refractivity contribution in [2.75, 3.05) is 38.8 Å². The van der Waals surface area contributed by atoms with Gasteiger partial charge >= 0.3 is 6.16 Å². The SMILES string of the molecule is COc1cc(/C=N\Nc2ccc(S(=O)(=O)N3CCOCC3)cc2[N+](=O)[O-])ccc1OC(=O)OC(C)(C)C. The van der Waals surface area contributed by atoms with E-state index in [1.54, 1.807) is 26.8 Å². The molecule has 0 aromatic heterocycles. The average molecular weight is 537 g/mol. The van der Waals surface area contributed by atoms with Crippen LogP contribution in [0.4, 0.5) is 16.2 Å². The normalized spacial score (nSPS) is 14.8. The van der Waals surface area contributed by atoms with Gasteiger partial charge in [0.15, 0.2) is 11.5 Å². The number of morpholine rings is 1. The molecule has 2 aromatic rings. The Morgan fingerprint density at radius 2 is 1.86 bits per heavy atom. The van der Waals surface area contributed by atoms with Crippen LogP contribution in [0.1, 0.15) is 26.3 Å². The third kappa shape index (κ3) is 7.38. The Balaban J connectivity index is 1.75. The number of rotatable bonds is 8. The second-order valence-corrected chi connectivity index (χ2v) is 10.7. The van der Waals surface area contributed by atoms with Crippen LogP contribution in [-0.2, 0) is 19.5 Å². The first-order valence-corrected chi connectivity index (χ1v) is 12.6. The number of nitrogens with one attached hydrogen (secondary N) is 1. The zero-order valence-electron chi connectivity index (χ0n) is 20.8. The fourth-order valence-corrected chi connectivity index (χ4v) is 4.67. The number of nitrogens with zero attached hydrogens (tertiary/aromatic N) is 3. The molecule has 1 N–H and O–H groups in total. The molecule has 0 amide bonds. The zero-order chi connectivity index (χ0) is 27.2. The number of benzene rings is 2. The van der Waals surface area contributed by atoms with Crippen LogP contribution in [0.25, 0.3) is 0 Å². The average Bonchev–Trinajstić information content (AvgIpc) is 2.84. The molecule has 0 saturated carbocycles. The Kier molecular flexibility index (Phi) is 8.68. The van der Waals surface area contributed by atoms with Crippen molar-refractivity contribution >= 4 is 33.8 Å². The highest BCUT2D eigenvalue weighted by molar-refractivity contribution is 7.89. The van der Waals surface area contributed by atoms with Gasteiger partial charge in [-0.15, -0.1) is 0 Å². The Morgan fingerprint density at radius 3 is 2.49 bits per heavy atom. The first-order chi connectivity index (χ1) is 17.4. The summed E-state index contributed by atoms with van der Waals surface area (Å²) in [5.74, 6) is 0.369. The number of hydrazone groups is 1. The molecule has 0 bridgehead atoms. The number of carbonyl (C=O) groups is 1. The quantitative estimate of drug-likeness (QED) is 0.174. The molecule has 200 valence electrons. The monoisotopic (exact) mass is 536 g/mol. The number of hydrogen-bond donors (Lipinski definition) is 1. The number of nitro benzene ring substituents is 1. The van der Waals surface area contributed by atoms with E-state index in [1.807, 2.05) is 0 Å². The van der Waals surface area contributed by atoms with Crippen LogP contribution in [0.15, 0.2) is 46.4 Å². The van der Waals surface area contributed by atoms with Crippen LogP contribution < -0.4 is 14.9 Å². The molecule has 1 saturated heterocycles. The van der Waals surface area contributed by atoms with Crippen LogP contribution in [0.3, 0.4) is 0 Å². The third-order valence-electron chi connectivity index (χ3n) is 4.94. The zero-order valence-corrected chi connectivity index (χ0v) is 21.6. The van der Waals surface area contributed by atoms with E-state index in [-0.39, 0.29) is 48.4 Å². The number of anilines is 1. The first-order valence-electron chi connectivity index (χ1n) is 11.1. The molecule has 14 heteroatoms. The molecular weight excluding hydrogens is 508 g/mol. The summed E-state index contributed by atoms with van der Waals surface area (Å²) in [6, 6.07) is 8.16. The molecule has 0 spiro atoms. The molecule has 3 rings (SSSR count). The van der Waals surface area contributed by atoms with Crippen molar-refractivity contribution in [3.05, 3.63) is 52.1 Å². The predicted octanol–water partition coefficient (Wildman–Crippen LogP) is 3.38. The van der Waals surface area contributed by atoms with E-state index in [0.29, 0.717) is 5.56 Å². The Hall–Kier alpha value is -3.75. The van der Waals surface area contributed by atoms with Gasteiger partial charge in [-0.1, -0.05) is 0 Å². The van der Waals surface area contributed by atoms with Crippen molar-refractivity contribution in [3.63, 3.8) is 0 Å². The number of nitro groups is 1. The maximum Gasteiger partial charge on any atom is 0.514 e. The van der Waals surface area contributed by atoms with Crippen LogP contribution in [0.2, 0.25) is 0 Å². The van der Waals surface area contributed by atoms with Gasteiger partial charge in [0, 0.05) is 19.2 Å². The Morgan fingerprint density at radius 1 is 1.16 bits per heavy atom. The topological polar surface area (TPSA) is 159 Å². The van der Waals surface area contributed by atoms with Crippen molar-refractivity contribution in [1.82, 2.24) is 4.31 Å². The van der Waals surface area contributed by atoms with Gasteiger partial charge in [0.1, 0.15) is 11.3 Å². The highest BCUT2D eigenvalue weighted by atomic mass is 32.2. The van der Waals surface area contributed by atoms with E-state index >= 15 is 0 Å². The smallest absolute Gasteiger partial charge is 0.493 e. The third-order valence-corrected chi connectivity index (χ3v) is 6.84. The van der Waals surface area contributed by atoms with Crippen LogP contribution in [0, 0.1) is 10.1 Å². The molecular formula is C23H28N4O9S. The molecule has 0 unspecified atom stereocenters. The lowest BCUT2D eigenvalue weighted by atomic mass is 10.2. The number of methoxy groups -OCH3 is 1. The highest BCUT2D eigenvalue weighted by Gasteiger charge is 2.29. The van der Waals surface area contributed by atoms with E-state index in [1.165, 1.54) is 41.9 Å². The standard InChI is InChI=1S/C23H28N4O9S/c1-23(2,3)36-22(28)35-20-8-5-16(13-21(20)33-4)15-24-25-18-7-6-17(14-19(18)27(29)30)37(31,32)26-9-11-34-12-10-26/h5-8,13-15,25H,9-12H2,1-4H3/b24-15-. The molecule has 2 aromatic carbocycles. The van der Waals surface area contributed by atoms with Gasteiger partial charge in [-0.2, -0.15) is 9.41 Å². The van der Waals surface area contributed by atoms with Gasteiger partial charge in [-0.25, -0.2) is 13.2 Å². The summed E-state index contributed by atoms with van der Waals surface area (Å²) >= 11 is 0. The number of ether oxygens (including phenoxy) is 4. The molecule has 0 atom stereocenters. The van der Waals surface area contributed by atoms with Gasteiger partial charge < -0.3 is 18.9 Å². The number of carbonyl (C=O) groups excluding carboxylic acids is 1. The molecule has 1 aliphatic heterocycles. The summed E-state index contributed by atoms with van der Waals surface area (Å²) in [6.07, 6.45) is 0.474. The molecule has 0 radical (unpaired) electrons. The van der Waals surface area contributed by atoms with Crippen molar-refractivity contribution in [2.45, 2.75) is 31.3 Å².